The van der Waals surface area contributed by atoms with Crippen LogP contribution in [-0.4, -0.2) is 30.2 Å². The van der Waals surface area contributed by atoms with Gasteiger partial charge < -0.3 is 15.4 Å². The highest BCUT2D eigenvalue weighted by atomic mass is 32.2. The minimum atomic E-state index is -0.407. The van der Waals surface area contributed by atoms with Crippen LogP contribution >= 0.6 is 11.8 Å². The molecule has 2 amide bonds. The summed E-state index contributed by atoms with van der Waals surface area (Å²) in [4.78, 5) is 25.1. The van der Waals surface area contributed by atoms with Crippen LogP contribution in [0, 0.1) is 0 Å². The minimum Gasteiger partial charge on any atom is -0.492 e. The molecule has 0 radical (unpaired) electrons. The molecular weight excluding hydrogens is 324 g/mol. The zero-order chi connectivity index (χ0) is 16.8. The fourth-order valence-corrected chi connectivity index (χ4v) is 3.45. The summed E-state index contributed by atoms with van der Waals surface area (Å²) >= 11 is 1.43. The molecule has 2 aromatic carbocycles. The molecule has 0 saturated carbocycles. The number of rotatable bonds is 6. The van der Waals surface area contributed by atoms with Crippen LogP contribution in [0.5, 0.6) is 5.75 Å². The van der Waals surface area contributed by atoms with E-state index in [2.05, 4.69) is 10.6 Å². The summed E-state index contributed by atoms with van der Waals surface area (Å²) in [6.07, 6.45) is 0.149. The minimum absolute atomic E-state index is 0.130. The first-order chi connectivity index (χ1) is 11.7. The van der Waals surface area contributed by atoms with Gasteiger partial charge in [0.2, 0.25) is 11.8 Å². The lowest BCUT2D eigenvalue weighted by atomic mass is 10.2. The SMILES string of the molecule is O=C(C[C@@H]1Sc2ccccc2NC1=O)NCCOc1ccccc1. The summed E-state index contributed by atoms with van der Waals surface area (Å²) in [5.74, 6) is 0.485. The summed E-state index contributed by atoms with van der Waals surface area (Å²) < 4.78 is 5.51. The third-order valence-electron chi connectivity index (χ3n) is 3.51. The zero-order valence-electron chi connectivity index (χ0n) is 13.0. The fourth-order valence-electron chi connectivity index (χ4n) is 2.34. The Bertz CT molecular complexity index is 721. The Morgan fingerprint density at radius 2 is 1.88 bits per heavy atom. The third kappa shape index (κ3) is 4.29. The number of hydrogen-bond donors (Lipinski definition) is 2. The van der Waals surface area contributed by atoms with Gasteiger partial charge in [-0.1, -0.05) is 30.3 Å². The summed E-state index contributed by atoms with van der Waals surface area (Å²) in [6, 6.07) is 17.0. The van der Waals surface area contributed by atoms with E-state index in [-0.39, 0.29) is 18.2 Å². The normalized spacial score (nSPS) is 16.0. The van der Waals surface area contributed by atoms with Crippen LogP contribution in [0.15, 0.2) is 59.5 Å². The number of carbonyl (C=O) groups is 2. The van der Waals surface area contributed by atoms with Crippen LogP contribution in [0.1, 0.15) is 6.42 Å². The lowest BCUT2D eigenvalue weighted by Gasteiger charge is -2.23. The van der Waals surface area contributed by atoms with Gasteiger partial charge in [-0.05, 0) is 24.3 Å². The molecule has 3 rings (SSSR count). The van der Waals surface area contributed by atoms with E-state index in [1.165, 1.54) is 11.8 Å². The maximum atomic E-state index is 12.1. The molecule has 1 aliphatic rings. The number of ether oxygens (including phenoxy) is 1. The van der Waals surface area contributed by atoms with Gasteiger partial charge in [0.15, 0.2) is 0 Å². The van der Waals surface area contributed by atoms with E-state index < -0.39 is 5.25 Å². The van der Waals surface area contributed by atoms with Gasteiger partial charge in [0, 0.05) is 11.3 Å². The quantitative estimate of drug-likeness (QED) is 0.792. The number of nitrogens with one attached hydrogen (secondary N) is 2. The maximum Gasteiger partial charge on any atom is 0.238 e. The molecule has 2 aromatic rings. The second-order valence-electron chi connectivity index (χ2n) is 5.31. The first-order valence-corrected chi connectivity index (χ1v) is 8.61. The Kier molecular flexibility index (Phi) is 5.38. The molecule has 0 fully saturated rings. The van der Waals surface area contributed by atoms with Crippen molar-refractivity contribution in [3.05, 3.63) is 54.6 Å². The van der Waals surface area contributed by atoms with Gasteiger partial charge in [0.1, 0.15) is 12.4 Å². The van der Waals surface area contributed by atoms with E-state index in [4.69, 9.17) is 4.74 Å². The summed E-state index contributed by atoms with van der Waals surface area (Å²) in [6.45, 7) is 0.798. The second kappa shape index (κ2) is 7.88. The van der Waals surface area contributed by atoms with Gasteiger partial charge in [0.05, 0.1) is 17.5 Å². The van der Waals surface area contributed by atoms with Crippen molar-refractivity contribution in [3.63, 3.8) is 0 Å². The zero-order valence-corrected chi connectivity index (χ0v) is 13.8. The van der Waals surface area contributed by atoms with Gasteiger partial charge in [-0.25, -0.2) is 0 Å². The molecule has 1 atom stereocenters. The molecule has 0 aromatic heterocycles. The highest BCUT2D eigenvalue weighted by molar-refractivity contribution is 8.01. The van der Waals surface area contributed by atoms with E-state index in [1.54, 1.807) is 0 Å². The van der Waals surface area contributed by atoms with Crippen LogP contribution in [0.4, 0.5) is 5.69 Å². The van der Waals surface area contributed by atoms with Crippen LogP contribution < -0.4 is 15.4 Å². The van der Waals surface area contributed by atoms with Crippen molar-refractivity contribution < 1.29 is 14.3 Å². The Morgan fingerprint density at radius 3 is 2.71 bits per heavy atom. The first-order valence-electron chi connectivity index (χ1n) is 7.73. The highest BCUT2D eigenvalue weighted by Crippen LogP contribution is 2.36. The van der Waals surface area contributed by atoms with Crippen LogP contribution in [0.3, 0.4) is 0 Å². The molecule has 1 aliphatic heterocycles. The number of benzene rings is 2. The molecule has 2 N–H and O–H groups in total. The smallest absolute Gasteiger partial charge is 0.238 e. The summed E-state index contributed by atoms with van der Waals surface area (Å²) in [7, 11) is 0. The summed E-state index contributed by atoms with van der Waals surface area (Å²) in [5, 5.41) is 5.22. The number of amides is 2. The molecule has 6 heteroatoms. The van der Waals surface area contributed by atoms with Crippen molar-refractivity contribution in [2.75, 3.05) is 18.5 Å². The van der Waals surface area contributed by atoms with Gasteiger partial charge in [-0.15, -0.1) is 11.8 Å². The topological polar surface area (TPSA) is 67.4 Å². The Balaban J connectivity index is 1.43. The van der Waals surface area contributed by atoms with Crippen molar-refractivity contribution in [2.24, 2.45) is 0 Å². The fraction of sp³-hybridized carbons (Fsp3) is 0.222. The van der Waals surface area contributed by atoms with Gasteiger partial charge in [-0.2, -0.15) is 0 Å². The number of anilines is 1. The van der Waals surface area contributed by atoms with E-state index in [9.17, 15) is 9.59 Å². The molecule has 0 saturated heterocycles. The molecule has 5 nitrogen and oxygen atoms in total. The average Bonchev–Trinajstić information content (AvgIpc) is 2.60. The van der Waals surface area contributed by atoms with E-state index in [0.717, 1.165) is 16.3 Å². The van der Waals surface area contributed by atoms with Gasteiger partial charge in [-0.3, -0.25) is 9.59 Å². The Morgan fingerprint density at radius 1 is 1.12 bits per heavy atom. The standard InChI is InChI=1S/C18H18N2O3S/c21-17(19-10-11-23-13-6-2-1-3-7-13)12-16-18(22)20-14-8-4-5-9-15(14)24-16/h1-9,16H,10-12H2,(H,19,21)(H,20,22)/t16-/m0/s1. The first kappa shape index (κ1) is 16.4. The number of hydrogen-bond acceptors (Lipinski definition) is 4. The third-order valence-corrected chi connectivity index (χ3v) is 4.79. The predicted molar refractivity (Wildman–Crippen MR) is 94.3 cm³/mol. The van der Waals surface area contributed by atoms with Gasteiger partial charge >= 0.3 is 0 Å². The van der Waals surface area contributed by atoms with Gasteiger partial charge in [0.25, 0.3) is 0 Å². The van der Waals surface area contributed by atoms with Crippen LogP contribution in [0.2, 0.25) is 0 Å². The van der Waals surface area contributed by atoms with E-state index in [0.29, 0.717) is 13.2 Å². The van der Waals surface area contributed by atoms with E-state index in [1.807, 2.05) is 54.6 Å². The Hall–Kier alpha value is -2.47. The van der Waals surface area contributed by atoms with Crippen LogP contribution in [0.25, 0.3) is 0 Å². The molecule has 0 unspecified atom stereocenters. The van der Waals surface area contributed by atoms with Crippen molar-refractivity contribution in [2.45, 2.75) is 16.6 Å². The predicted octanol–water partition coefficient (Wildman–Crippen LogP) is 2.68. The van der Waals surface area contributed by atoms with Crippen molar-refractivity contribution in [1.29, 1.82) is 0 Å². The second-order valence-corrected chi connectivity index (χ2v) is 6.55. The molecule has 124 valence electrons. The lowest BCUT2D eigenvalue weighted by molar-refractivity contribution is -0.124. The maximum absolute atomic E-state index is 12.1. The number of para-hydroxylation sites is 2. The van der Waals surface area contributed by atoms with Crippen molar-refractivity contribution in [1.82, 2.24) is 5.32 Å². The summed E-state index contributed by atoms with van der Waals surface area (Å²) in [5.41, 5.74) is 0.806. The molecule has 0 bridgehead atoms. The lowest BCUT2D eigenvalue weighted by Crippen LogP contribution is -2.36. The monoisotopic (exact) mass is 342 g/mol. The molecule has 0 spiro atoms. The molecule has 1 heterocycles. The number of thioether (sulfide) groups is 1. The largest absolute Gasteiger partial charge is 0.492 e. The average molecular weight is 342 g/mol. The number of fused-ring (bicyclic) bond motifs is 1. The molecule has 0 aliphatic carbocycles. The molecule has 24 heavy (non-hydrogen) atoms. The molecular formula is C18H18N2O3S. The van der Waals surface area contributed by atoms with E-state index >= 15 is 0 Å². The van der Waals surface area contributed by atoms with Crippen molar-refractivity contribution in [3.8, 4) is 5.75 Å². The Labute approximate surface area is 144 Å². The van der Waals surface area contributed by atoms with Crippen molar-refractivity contribution >= 4 is 29.3 Å². The highest BCUT2D eigenvalue weighted by Gasteiger charge is 2.28. The van der Waals surface area contributed by atoms with Crippen LogP contribution in [-0.2, 0) is 9.59 Å². The number of carbonyl (C=O) groups excluding carboxylic acids is 2.